The van der Waals surface area contributed by atoms with Gasteiger partial charge in [-0.15, -0.1) is 0 Å². The molecule has 0 aliphatic rings. The predicted octanol–water partition coefficient (Wildman–Crippen LogP) is 2.32. The standard InChI is InChI=1S/C12H11ClN2O2/c1-7-10(12(17)15(2)14-7)11(16)8-4-3-5-9(13)6-8/h3-6,17H,1-2H3. The lowest BCUT2D eigenvalue weighted by atomic mass is 10.0. The lowest BCUT2D eigenvalue weighted by Gasteiger charge is -2.01. The first-order valence-corrected chi connectivity index (χ1v) is 5.41. The van der Waals surface area contributed by atoms with E-state index in [0.717, 1.165) is 0 Å². The highest BCUT2D eigenvalue weighted by Gasteiger charge is 2.21. The Bertz CT molecular complexity index is 590. The zero-order chi connectivity index (χ0) is 12.6. The van der Waals surface area contributed by atoms with Crippen LogP contribution < -0.4 is 0 Å². The summed E-state index contributed by atoms with van der Waals surface area (Å²) < 4.78 is 1.27. The molecule has 1 heterocycles. The molecule has 0 unspecified atom stereocenters. The van der Waals surface area contributed by atoms with Crippen molar-refractivity contribution in [3.63, 3.8) is 0 Å². The summed E-state index contributed by atoms with van der Waals surface area (Å²) in [7, 11) is 1.58. The summed E-state index contributed by atoms with van der Waals surface area (Å²) in [6.45, 7) is 1.68. The highest BCUT2D eigenvalue weighted by atomic mass is 35.5. The Hall–Kier alpha value is -1.81. The molecule has 0 spiro atoms. The highest BCUT2D eigenvalue weighted by Crippen LogP contribution is 2.24. The minimum atomic E-state index is -0.282. The molecule has 1 aromatic carbocycles. The van der Waals surface area contributed by atoms with Gasteiger partial charge in [-0.1, -0.05) is 23.7 Å². The largest absolute Gasteiger partial charge is 0.493 e. The third-order valence-corrected chi connectivity index (χ3v) is 2.74. The first-order chi connectivity index (χ1) is 8.00. The van der Waals surface area contributed by atoms with E-state index < -0.39 is 0 Å². The van der Waals surface area contributed by atoms with Crippen LogP contribution in [0.2, 0.25) is 5.02 Å². The molecule has 2 rings (SSSR count). The molecule has 0 saturated carbocycles. The molecule has 0 saturated heterocycles. The van der Waals surface area contributed by atoms with E-state index in [1.54, 1.807) is 38.2 Å². The van der Waals surface area contributed by atoms with Crippen molar-refractivity contribution in [2.75, 3.05) is 0 Å². The molecular weight excluding hydrogens is 240 g/mol. The molecule has 0 amide bonds. The van der Waals surface area contributed by atoms with Crippen molar-refractivity contribution in [3.05, 3.63) is 46.1 Å². The van der Waals surface area contributed by atoms with E-state index in [1.165, 1.54) is 4.68 Å². The fourth-order valence-corrected chi connectivity index (χ4v) is 1.88. The van der Waals surface area contributed by atoms with Gasteiger partial charge in [0.2, 0.25) is 5.88 Å². The van der Waals surface area contributed by atoms with Gasteiger partial charge < -0.3 is 5.11 Å². The summed E-state index contributed by atoms with van der Waals surface area (Å²) in [5, 5.41) is 14.2. The van der Waals surface area contributed by atoms with Gasteiger partial charge in [0.05, 0.1) is 5.69 Å². The molecule has 88 valence electrons. The van der Waals surface area contributed by atoms with E-state index in [4.69, 9.17) is 11.6 Å². The first kappa shape index (κ1) is 11.7. The molecule has 0 fully saturated rings. The average Bonchev–Trinajstić information content (AvgIpc) is 2.52. The normalized spacial score (nSPS) is 10.5. The number of aromatic nitrogens is 2. The van der Waals surface area contributed by atoms with Crippen molar-refractivity contribution in [1.82, 2.24) is 9.78 Å². The molecule has 5 heteroatoms. The van der Waals surface area contributed by atoms with Crippen LogP contribution in [-0.4, -0.2) is 20.7 Å². The van der Waals surface area contributed by atoms with E-state index in [0.29, 0.717) is 16.3 Å². The Balaban J connectivity index is 2.51. The van der Waals surface area contributed by atoms with Gasteiger partial charge in [0, 0.05) is 17.6 Å². The maximum atomic E-state index is 12.2. The number of ketones is 1. The number of hydrogen-bond donors (Lipinski definition) is 1. The summed E-state index contributed by atoms with van der Waals surface area (Å²) in [4.78, 5) is 12.2. The van der Waals surface area contributed by atoms with E-state index in [1.807, 2.05) is 0 Å². The van der Waals surface area contributed by atoms with Crippen LogP contribution in [0.1, 0.15) is 21.6 Å². The van der Waals surface area contributed by atoms with Gasteiger partial charge in [-0.2, -0.15) is 5.10 Å². The van der Waals surface area contributed by atoms with Crippen LogP contribution in [0.25, 0.3) is 0 Å². The van der Waals surface area contributed by atoms with Gasteiger partial charge in [-0.25, -0.2) is 4.68 Å². The van der Waals surface area contributed by atoms with E-state index in [9.17, 15) is 9.90 Å². The van der Waals surface area contributed by atoms with E-state index in [-0.39, 0.29) is 17.2 Å². The number of rotatable bonds is 2. The summed E-state index contributed by atoms with van der Waals surface area (Å²) in [5.41, 5.74) is 1.15. The zero-order valence-corrected chi connectivity index (χ0v) is 10.2. The third-order valence-electron chi connectivity index (χ3n) is 2.51. The smallest absolute Gasteiger partial charge is 0.220 e. The maximum absolute atomic E-state index is 12.2. The molecule has 0 atom stereocenters. The lowest BCUT2D eigenvalue weighted by molar-refractivity contribution is 0.103. The van der Waals surface area contributed by atoms with E-state index in [2.05, 4.69) is 5.10 Å². The molecule has 0 radical (unpaired) electrons. The lowest BCUT2D eigenvalue weighted by Crippen LogP contribution is -2.02. The van der Waals surface area contributed by atoms with Crippen LogP contribution in [0.4, 0.5) is 0 Å². The molecule has 0 aliphatic heterocycles. The Morgan fingerprint density at radius 2 is 2.18 bits per heavy atom. The van der Waals surface area contributed by atoms with Crippen LogP contribution in [-0.2, 0) is 7.05 Å². The highest BCUT2D eigenvalue weighted by molar-refractivity contribution is 6.31. The Labute approximate surface area is 103 Å². The maximum Gasteiger partial charge on any atom is 0.220 e. The van der Waals surface area contributed by atoms with Crippen LogP contribution >= 0.6 is 11.6 Å². The van der Waals surface area contributed by atoms with Crippen LogP contribution in [0.3, 0.4) is 0 Å². The molecular formula is C12H11ClN2O2. The predicted molar refractivity (Wildman–Crippen MR) is 64.5 cm³/mol. The number of aromatic hydroxyl groups is 1. The van der Waals surface area contributed by atoms with Crippen molar-refractivity contribution in [3.8, 4) is 5.88 Å². The van der Waals surface area contributed by atoms with Gasteiger partial charge >= 0.3 is 0 Å². The van der Waals surface area contributed by atoms with Crippen molar-refractivity contribution >= 4 is 17.4 Å². The number of nitrogens with zero attached hydrogens (tertiary/aromatic N) is 2. The third kappa shape index (κ3) is 2.03. The second kappa shape index (κ2) is 4.22. The van der Waals surface area contributed by atoms with Crippen LogP contribution in [0.5, 0.6) is 5.88 Å². The second-order valence-electron chi connectivity index (χ2n) is 3.75. The van der Waals surface area contributed by atoms with Gasteiger partial charge in [0.25, 0.3) is 0 Å². The zero-order valence-electron chi connectivity index (χ0n) is 9.44. The van der Waals surface area contributed by atoms with Gasteiger partial charge in [0.1, 0.15) is 5.56 Å². The topological polar surface area (TPSA) is 55.1 Å². The van der Waals surface area contributed by atoms with Crippen molar-refractivity contribution < 1.29 is 9.90 Å². The summed E-state index contributed by atoms with van der Waals surface area (Å²) in [6.07, 6.45) is 0. The molecule has 0 bridgehead atoms. The number of benzene rings is 1. The van der Waals surface area contributed by atoms with Gasteiger partial charge in [0.15, 0.2) is 5.78 Å². The fourth-order valence-electron chi connectivity index (χ4n) is 1.69. The molecule has 1 N–H and O–H groups in total. The Morgan fingerprint density at radius 1 is 1.47 bits per heavy atom. The van der Waals surface area contributed by atoms with Crippen molar-refractivity contribution in [1.29, 1.82) is 0 Å². The summed E-state index contributed by atoms with van der Waals surface area (Å²) >= 11 is 5.83. The fraction of sp³-hybridized carbons (Fsp3) is 0.167. The summed E-state index contributed by atoms with van der Waals surface area (Å²) in [6, 6.07) is 6.60. The number of carbonyl (C=O) groups is 1. The molecule has 4 nitrogen and oxygen atoms in total. The Morgan fingerprint density at radius 3 is 2.71 bits per heavy atom. The quantitative estimate of drug-likeness (QED) is 0.833. The molecule has 0 aliphatic carbocycles. The van der Waals surface area contributed by atoms with Gasteiger partial charge in [-0.3, -0.25) is 4.79 Å². The number of carbonyl (C=O) groups excluding carboxylic acids is 1. The van der Waals surface area contributed by atoms with E-state index >= 15 is 0 Å². The Kier molecular flexibility index (Phi) is 2.90. The number of hydrogen-bond acceptors (Lipinski definition) is 3. The summed E-state index contributed by atoms with van der Waals surface area (Å²) in [5.74, 6) is -0.414. The first-order valence-electron chi connectivity index (χ1n) is 5.03. The van der Waals surface area contributed by atoms with Gasteiger partial charge in [-0.05, 0) is 19.1 Å². The molecule has 17 heavy (non-hydrogen) atoms. The minimum absolute atomic E-state index is 0.132. The molecule has 2 aromatic rings. The SMILES string of the molecule is Cc1nn(C)c(O)c1C(=O)c1cccc(Cl)c1. The van der Waals surface area contributed by atoms with Crippen molar-refractivity contribution in [2.45, 2.75) is 6.92 Å². The van der Waals surface area contributed by atoms with Crippen molar-refractivity contribution in [2.24, 2.45) is 7.05 Å². The second-order valence-corrected chi connectivity index (χ2v) is 4.18. The number of halogens is 1. The average molecular weight is 251 g/mol. The van der Waals surface area contributed by atoms with Crippen LogP contribution in [0, 0.1) is 6.92 Å². The van der Waals surface area contributed by atoms with Crippen LogP contribution in [0.15, 0.2) is 24.3 Å². The number of aryl methyl sites for hydroxylation is 2. The monoisotopic (exact) mass is 250 g/mol. The molecule has 1 aromatic heterocycles. The minimum Gasteiger partial charge on any atom is -0.493 e.